The van der Waals surface area contributed by atoms with Crippen molar-refractivity contribution >= 4 is 35.5 Å². The largest absolute Gasteiger partial charge is 0.493 e. The van der Waals surface area contributed by atoms with Crippen LogP contribution in [0.25, 0.3) is 0 Å². The van der Waals surface area contributed by atoms with Crippen molar-refractivity contribution < 1.29 is 48.0 Å². The Kier molecular flexibility index (Phi) is 14.0. The lowest BCUT2D eigenvalue weighted by molar-refractivity contribution is -0.179. The number of benzene rings is 6. The van der Waals surface area contributed by atoms with E-state index in [9.17, 15) is 9.90 Å². The van der Waals surface area contributed by atoms with Crippen LogP contribution in [0.5, 0.6) is 17.2 Å². The smallest absolute Gasteiger partial charge is 0.329 e. The Labute approximate surface area is 434 Å². The lowest BCUT2D eigenvalue weighted by atomic mass is 9.64. The molecular weight excluding hydrogens is 953 g/mol. The number of aliphatic hydroxyl groups is 1. The number of hydrogen-bond donors (Lipinski definition) is 4. The summed E-state index contributed by atoms with van der Waals surface area (Å²) in [6.45, 7) is 1.82. The number of aliphatic hydroxyl groups excluding tert-OH is 1. The molecule has 6 amide bonds. The number of nitrogens with one attached hydrogen (secondary N) is 2. The third kappa shape index (κ3) is 9.04. The summed E-state index contributed by atoms with van der Waals surface area (Å²) in [4.78, 5) is 80.9. The zero-order valence-corrected chi connectivity index (χ0v) is 41.6. The van der Waals surface area contributed by atoms with Crippen molar-refractivity contribution in [3.05, 3.63) is 190 Å². The molecule has 7 unspecified atom stereocenters. The highest BCUT2D eigenvalue weighted by atomic mass is 16.6. The minimum atomic E-state index is -2.07. The maximum Gasteiger partial charge on any atom is 0.329 e. The van der Waals surface area contributed by atoms with Crippen molar-refractivity contribution in [2.75, 3.05) is 45.4 Å². The molecule has 75 heavy (non-hydrogen) atoms. The fraction of sp³-hybridized carbons (Fsp3) is 0.271. The van der Waals surface area contributed by atoms with Gasteiger partial charge in [-0.2, -0.15) is 0 Å². The van der Waals surface area contributed by atoms with Gasteiger partial charge in [0.25, 0.3) is 0 Å². The Hall–Kier alpha value is -8.65. The van der Waals surface area contributed by atoms with Gasteiger partial charge in [-0.25, -0.2) is 14.5 Å². The Bertz CT molecular complexity index is 3200. The molecule has 0 bridgehead atoms. The van der Waals surface area contributed by atoms with Crippen molar-refractivity contribution in [1.29, 1.82) is 0 Å². The molecule has 0 aliphatic carbocycles. The average Bonchev–Trinajstić information content (AvgIpc) is 3.90. The molecule has 7 atom stereocenters. The molecule has 4 aliphatic rings. The number of urea groups is 2. The number of imide groups is 1. The first-order valence-corrected chi connectivity index (χ1v) is 24.8. The van der Waals surface area contributed by atoms with Gasteiger partial charge in [-0.15, -0.1) is 0 Å². The summed E-state index contributed by atoms with van der Waals surface area (Å²) >= 11 is 0. The van der Waals surface area contributed by atoms with Gasteiger partial charge in [-0.1, -0.05) is 115 Å². The average molecular weight is 1010 g/mol. The topological polar surface area (TPSA) is 202 Å². The Morgan fingerprint density at radius 1 is 0.813 bits per heavy atom. The third-order valence-corrected chi connectivity index (χ3v) is 14.7. The van der Waals surface area contributed by atoms with Gasteiger partial charge in [-0.3, -0.25) is 19.3 Å². The monoisotopic (exact) mass is 1010 g/mol. The number of fused-ring (bicyclic) bond motifs is 4. The number of cyclic esters (lactones) is 1. The van der Waals surface area contributed by atoms with E-state index in [1.165, 1.54) is 7.11 Å². The van der Waals surface area contributed by atoms with Crippen LogP contribution in [0.4, 0.5) is 15.3 Å². The van der Waals surface area contributed by atoms with Gasteiger partial charge in [0.2, 0.25) is 11.8 Å². The fourth-order valence-corrected chi connectivity index (χ4v) is 11.5. The van der Waals surface area contributed by atoms with E-state index in [0.29, 0.717) is 40.4 Å². The van der Waals surface area contributed by atoms with E-state index < -0.39 is 71.5 Å². The molecule has 382 valence electrons. The summed E-state index contributed by atoms with van der Waals surface area (Å²) < 4.78 is 23.9. The van der Waals surface area contributed by atoms with Crippen LogP contribution in [0.1, 0.15) is 75.7 Å². The minimum Gasteiger partial charge on any atom is -0.493 e. The highest BCUT2D eigenvalue weighted by molar-refractivity contribution is 6.24. The second kappa shape index (κ2) is 21.1. The SMILES string of the molecule is COc1cc2c(cc1OC)CN(C(=O)C1C3C(=O)OC(c4ccccc4)C(c4ccccc4)N3C(c3ccc(OCCO)cc3)C13C(=O)N(C(=O)NC(C)c1ccccc1)c1ccc(C#CCNC(N)=O)cc13)CC2. The third-order valence-electron chi connectivity index (χ3n) is 14.7. The van der Waals surface area contributed by atoms with E-state index >= 15 is 19.2 Å². The molecule has 16 nitrogen and oxygen atoms in total. The number of nitrogens with two attached hydrogens (primary N) is 1. The molecular formula is C59H56N6O10. The number of rotatable bonds is 12. The van der Waals surface area contributed by atoms with Crippen LogP contribution in [0, 0.1) is 17.8 Å². The Balaban J connectivity index is 1.25. The van der Waals surface area contributed by atoms with Gasteiger partial charge in [0, 0.05) is 18.7 Å². The summed E-state index contributed by atoms with van der Waals surface area (Å²) in [5.41, 5.74) is 8.64. The lowest BCUT2D eigenvalue weighted by Crippen LogP contribution is -2.57. The Morgan fingerprint density at radius 3 is 2.12 bits per heavy atom. The van der Waals surface area contributed by atoms with E-state index in [2.05, 4.69) is 22.5 Å². The van der Waals surface area contributed by atoms with Crippen LogP contribution in [-0.2, 0) is 37.5 Å². The lowest BCUT2D eigenvalue weighted by Gasteiger charge is -2.46. The first-order chi connectivity index (χ1) is 36.5. The van der Waals surface area contributed by atoms with Crippen LogP contribution in [0.15, 0.2) is 146 Å². The number of morpholine rings is 1. The zero-order valence-electron chi connectivity index (χ0n) is 41.6. The molecule has 2 fully saturated rings. The van der Waals surface area contributed by atoms with Crippen molar-refractivity contribution in [3.63, 3.8) is 0 Å². The number of primary amides is 1. The fourth-order valence-electron chi connectivity index (χ4n) is 11.5. The molecule has 10 rings (SSSR count). The predicted molar refractivity (Wildman–Crippen MR) is 277 cm³/mol. The summed E-state index contributed by atoms with van der Waals surface area (Å²) in [6, 6.07) is 38.5. The van der Waals surface area contributed by atoms with Gasteiger partial charge >= 0.3 is 18.0 Å². The Morgan fingerprint density at radius 2 is 1.47 bits per heavy atom. The maximum atomic E-state index is 16.9. The summed E-state index contributed by atoms with van der Waals surface area (Å²) in [7, 11) is 3.10. The summed E-state index contributed by atoms with van der Waals surface area (Å²) in [5, 5.41) is 15.2. The van der Waals surface area contributed by atoms with Crippen molar-refractivity contribution in [1.82, 2.24) is 20.4 Å². The van der Waals surface area contributed by atoms with E-state index in [-0.39, 0.29) is 44.1 Å². The highest BCUT2D eigenvalue weighted by Crippen LogP contribution is 2.66. The van der Waals surface area contributed by atoms with Gasteiger partial charge in [0.1, 0.15) is 29.9 Å². The van der Waals surface area contributed by atoms with Crippen LogP contribution in [0.2, 0.25) is 0 Å². The van der Waals surface area contributed by atoms with Crippen LogP contribution in [-0.4, -0.2) is 91.3 Å². The quantitative estimate of drug-likeness (QED) is 0.0741. The van der Waals surface area contributed by atoms with E-state index in [1.807, 2.05) is 115 Å². The number of amides is 6. The number of esters is 1. The van der Waals surface area contributed by atoms with Gasteiger partial charge in [0.05, 0.1) is 57.1 Å². The standard InChI is InChI=1S/C59H56N6O10/c1-36(38-15-7-4-8-16-38)62-58(71)64-46-26-21-37(14-13-28-61-57(60)70)32-45(46)59(56(64)69)49(54(67)63-29-27-42-33-47(72-2)48(73-3)34-43(42)35-63)51-55(68)75-52(40-19-11-6-12-20-40)50(39-17-9-5-10-18-39)65(51)53(59)41-22-24-44(25-23-41)74-31-30-66/h4-12,15-26,32-34,36,49-53,66H,27-31,35H2,1-3H3,(H,62,71)(H3,60,61,70). The molecule has 16 heteroatoms. The van der Waals surface area contributed by atoms with Crippen LogP contribution >= 0.6 is 0 Å². The molecule has 0 saturated carbocycles. The second-order valence-corrected chi connectivity index (χ2v) is 18.9. The first kappa shape index (κ1) is 49.9. The number of carbonyl (C=O) groups is 5. The number of ether oxygens (including phenoxy) is 4. The van der Waals surface area contributed by atoms with E-state index in [4.69, 9.17) is 24.7 Å². The number of hydrogen-bond acceptors (Lipinski definition) is 11. The van der Waals surface area contributed by atoms with Crippen molar-refractivity contribution in [3.8, 4) is 29.1 Å². The highest BCUT2D eigenvalue weighted by Gasteiger charge is 2.76. The van der Waals surface area contributed by atoms with Crippen LogP contribution < -0.4 is 35.5 Å². The second-order valence-electron chi connectivity index (χ2n) is 18.9. The van der Waals surface area contributed by atoms with Gasteiger partial charge in [0.15, 0.2) is 11.5 Å². The van der Waals surface area contributed by atoms with E-state index in [0.717, 1.165) is 27.2 Å². The summed E-state index contributed by atoms with van der Waals surface area (Å²) in [6.07, 6.45) is -0.531. The van der Waals surface area contributed by atoms with E-state index in [1.54, 1.807) is 54.5 Å². The number of methoxy groups -OCH3 is 2. The molecule has 2 saturated heterocycles. The molecule has 6 aromatic carbocycles. The molecule has 4 aliphatic heterocycles. The minimum absolute atomic E-state index is 0.0197. The van der Waals surface area contributed by atoms with Crippen LogP contribution in [0.3, 0.4) is 0 Å². The normalized spacial score (nSPS) is 21.9. The zero-order chi connectivity index (χ0) is 52.4. The molecule has 0 radical (unpaired) electrons. The molecule has 6 aromatic rings. The molecule has 5 N–H and O–H groups in total. The number of anilines is 1. The molecule has 1 spiro atoms. The molecule has 0 aromatic heterocycles. The maximum absolute atomic E-state index is 16.9. The van der Waals surface area contributed by atoms with Crippen molar-refractivity contribution in [2.45, 2.75) is 55.6 Å². The van der Waals surface area contributed by atoms with Gasteiger partial charge in [-0.05, 0) is 94.8 Å². The number of nitrogens with zero attached hydrogens (tertiary/aromatic N) is 3. The summed E-state index contributed by atoms with van der Waals surface area (Å²) in [5.74, 6) is 3.94. The number of carbonyl (C=O) groups excluding carboxylic acids is 5. The van der Waals surface area contributed by atoms with Crippen molar-refractivity contribution in [2.24, 2.45) is 11.7 Å². The predicted octanol–water partition coefficient (Wildman–Crippen LogP) is 6.82. The first-order valence-electron chi connectivity index (χ1n) is 24.8. The molecule has 4 heterocycles. The van der Waals surface area contributed by atoms with Gasteiger partial charge < -0.3 is 45.3 Å².